The lowest BCUT2D eigenvalue weighted by molar-refractivity contribution is -0.0461. The molecule has 2 aliphatic heterocycles. The van der Waals surface area contributed by atoms with Crippen molar-refractivity contribution in [1.82, 2.24) is 0 Å². The van der Waals surface area contributed by atoms with Gasteiger partial charge in [0, 0.05) is 5.56 Å². The third kappa shape index (κ3) is 1.28. The van der Waals surface area contributed by atoms with Crippen LogP contribution < -0.4 is 4.74 Å². The Bertz CT molecular complexity index is 600. The summed E-state index contributed by atoms with van der Waals surface area (Å²) in [5.74, 6) is 1.73. The summed E-state index contributed by atoms with van der Waals surface area (Å²) in [6.45, 7) is 0.528. The average molecular weight is 240 g/mol. The van der Waals surface area contributed by atoms with E-state index in [1.165, 1.54) is 0 Å². The van der Waals surface area contributed by atoms with Gasteiger partial charge in [-0.1, -0.05) is 18.2 Å². The zero-order valence-electron chi connectivity index (χ0n) is 9.71. The van der Waals surface area contributed by atoms with E-state index in [2.05, 4.69) is 12.1 Å². The van der Waals surface area contributed by atoms with Gasteiger partial charge in [-0.05, 0) is 30.4 Å². The van der Waals surface area contributed by atoms with Crippen LogP contribution in [0.5, 0.6) is 5.75 Å². The van der Waals surface area contributed by atoms with Gasteiger partial charge in [0.15, 0.2) is 5.60 Å². The van der Waals surface area contributed by atoms with Gasteiger partial charge in [0.25, 0.3) is 0 Å². The van der Waals surface area contributed by atoms with Crippen molar-refractivity contribution in [3.8, 4) is 5.75 Å². The molecule has 1 aromatic heterocycles. The van der Waals surface area contributed by atoms with Gasteiger partial charge >= 0.3 is 0 Å². The zero-order valence-corrected chi connectivity index (χ0v) is 9.71. The summed E-state index contributed by atoms with van der Waals surface area (Å²) in [4.78, 5) is 0. The summed E-state index contributed by atoms with van der Waals surface area (Å²) in [5.41, 5.74) is 0.643. The lowest BCUT2D eigenvalue weighted by Crippen LogP contribution is -2.26. The van der Waals surface area contributed by atoms with E-state index in [4.69, 9.17) is 13.9 Å². The quantitative estimate of drug-likeness (QED) is 0.717. The van der Waals surface area contributed by atoms with Gasteiger partial charge in [-0.25, -0.2) is 0 Å². The van der Waals surface area contributed by atoms with Crippen molar-refractivity contribution in [2.24, 2.45) is 0 Å². The molecule has 3 heteroatoms. The van der Waals surface area contributed by atoms with Gasteiger partial charge < -0.3 is 13.9 Å². The summed E-state index contributed by atoms with van der Waals surface area (Å²) < 4.78 is 17.2. The van der Waals surface area contributed by atoms with Gasteiger partial charge in [0.05, 0.1) is 6.26 Å². The van der Waals surface area contributed by atoms with Gasteiger partial charge in [0.1, 0.15) is 24.2 Å². The first kappa shape index (κ1) is 9.97. The highest BCUT2D eigenvalue weighted by Crippen LogP contribution is 2.47. The van der Waals surface area contributed by atoms with Crippen molar-refractivity contribution < 1.29 is 13.9 Å². The fourth-order valence-electron chi connectivity index (χ4n) is 2.59. The molecule has 0 saturated carbocycles. The van der Waals surface area contributed by atoms with Gasteiger partial charge in [-0.15, -0.1) is 0 Å². The standard InChI is InChI=1S/C15H12O3/c1-2-5-12-11(4-1)15(10-17-12)8-7-14(18-15)13-6-3-9-16-13/h1-9,14H,10H2/t14-,15+/m1/s1. The Labute approximate surface area is 105 Å². The Morgan fingerprint density at radius 2 is 2.06 bits per heavy atom. The molecule has 0 fully saturated rings. The summed E-state index contributed by atoms with van der Waals surface area (Å²) in [5, 5.41) is 0. The second-order valence-electron chi connectivity index (χ2n) is 4.59. The monoisotopic (exact) mass is 240 g/mol. The van der Waals surface area contributed by atoms with Crippen LogP contribution in [0.25, 0.3) is 0 Å². The molecule has 3 nitrogen and oxygen atoms in total. The van der Waals surface area contributed by atoms with Crippen LogP contribution in [0.4, 0.5) is 0 Å². The Hall–Kier alpha value is -2.00. The molecule has 2 aliphatic rings. The van der Waals surface area contributed by atoms with Crippen LogP contribution in [-0.4, -0.2) is 6.61 Å². The van der Waals surface area contributed by atoms with Crippen molar-refractivity contribution in [2.45, 2.75) is 11.7 Å². The Morgan fingerprint density at radius 1 is 1.11 bits per heavy atom. The Balaban J connectivity index is 1.71. The highest BCUT2D eigenvalue weighted by molar-refractivity contribution is 5.46. The van der Waals surface area contributed by atoms with Crippen LogP contribution in [0.1, 0.15) is 17.4 Å². The predicted octanol–water partition coefficient (Wildman–Crippen LogP) is 3.20. The number of ether oxygens (including phenoxy) is 2. The number of hydrogen-bond donors (Lipinski definition) is 0. The number of furan rings is 1. The molecule has 1 spiro atoms. The van der Waals surface area contributed by atoms with Crippen LogP contribution in [0.3, 0.4) is 0 Å². The summed E-state index contributed by atoms with van der Waals surface area (Å²) in [6.07, 6.45) is 5.64. The molecule has 90 valence electrons. The molecule has 0 N–H and O–H groups in total. The molecule has 0 amide bonds. The highest BCUT2D eigenvalue weighted by atomic mass is 16.6. The normalized spacial score (nSPS) is 28.6. The lowest BCUT2D eigenvalue weighted by atomic mass is 9.97. The molecule has 0 aliphatic carbocycles. The third-order valence-electron chi connectivity index (χ3n) is 3.49. The SMILES string of the molecule is C1=C[C@@]2(COc3ccccc32)O[C@H]1c1ccco1. The van der Waals surface area contributed by atoms with Crippen molar-refractivity contribution in [1.29, 1.82) is 0 Å². The first-order valence-electron chi connectivity index (χ1n) is 6.00. The second kappa shape index (κ2) is 3.50. The molecule has 18 heavy (non-hydrogen) atoms. The maximum atomic E-state index is 6.15. The molecule has 0 bridgehead atoms. The van der Waals surface area contributed by atoms with E-state index in [-0.39, 0.29) is 6.10 Å². The van der Waals surface area contributed by atoms with E-state index in [1.54, 1.807) is 6.26 Å². The van der Waals surface area contributed by atoms with Crippen LogP contribution in [0.2, 0.25) is 0 Å². The minimum Gasteiger partial charge on any atom is -0.489 e. The molecule has 0 saturated heterocycles. The number of para-hydroxylation sites is 1. The number of hydrogen-bond acceptors (Lipinski definition) is 3. The molecule has 0 radical (unpaired) electrons. The first-order chi connectivity index (χ1) is 8.87. The molecular weight excluding hydrogens is 228 g/mol. The Kier molecular flexibility index (Phi) is 1.94. The minimum absolute atomic E-state index is 0.130. The van der Waals surface area contributed by atoms with Crippen LogP contribution in [-0.2, 0) is 10.3 Å². The zero-order chi connectivity index (χ0) is 12.0. The van der Waals surface area contributed by atoms with E-state index >= 15 is 0 Å². The van der Waals surface area contributed by atoms with E-state index in [1.807, 2.05) is 36.4 Å². The predicted molar refractivity (Wildman–Crippen MR) is 65.3 cm³/mol. The molecule has 0 unspecified atom stereocenters. The molecule has 4 rings (SSSR count). The van der Waals surface area contributed by atoms with Gasteiger partial charge in [-0.2, -0.15) is 0 Å². The minimum atomic E-state index is -0.450. The van der Waals surface area contributed by atoms with Crippen molar-refractivity contribution in [2.75, 3.05) is 6.61 Å². The van der Waals surface area contributed by atoms with Crippen molar-refractivity contribution in [3.63, 3.8) is 0 Å². The highest BCUT2D eigenvalue weighted by Gasteiger charge is 2.45. The van der Waals surface area contributed by atoms with Crippen molar-refractivity contribution >= 4 is 0 Å². The Morgan fingerprint density at radius 3 is 2.94 bits per heavy atom. The van der Waals surface area contributed by atoms with Crippen LogP contribution in [0, 0.1) is 0 Å². The number of benzene rings is 1. The molecular formula is C15H12O3. The van der Waals surface area contributed by atoms with E-state index in [0.29, 0.717) is 6.61 Å². The maximum Gasteiger partial charge on any atom is 0.150 e. The molecule has 3 heterocycles. The van der Waals surface area contributed by atoms with Crippen LogP contribution >= 0.6 is 0 Å². The lowest BCUT2D eigenvalue weighted by Gasteiger charge is -2.22. The topological polar surface area (TPSA) is 31.6 Å². The summed E-state index contributed by atoms with van der Waals surface area (Å²) in [6, 6.07) is 11.8. The molecule has 2 atom stereocenters. The van der Waals surface area contributed by atoms with Crippen molar-refractivity contribution in [3.05, 3.63) is 66.1 Å². The largest absolute Gasteiger partial charge is 0.489 e. The fourth-order valence-corrected chi connectivity index (χ4v) is 2.59. The van der Waals surface area contributed by atoms with Crippen LogP contribution in [0.15, 0.2) is 59.2 Å². The van der Waals surface area contributed by atoms with E-state index in [0.717, 1.165) is 17.1 Å². The smallest absolute Gasteiger partial charge is 0.150 e. The number of rotatable bonds is 1. The third-order valence-corrected chi connectivity index (χ3v) is 3.49. The maximum absolute atomic E-state index is 6.15. The fraction of sp³-hybridized carbons (Fsp3) is 0.200. The van der Waals surface area contributed by atoms with E-state index < -0.39 is 5.60 Å². The molecule has 2 aromatic rings. The van der Waals surface area contributed by atoms with Gasteiger partial charge in [-0.3, -0.25) is 0 Å². The summed E-state index contributed by atoms with van der Waals surface area (Å²) in [7, 11) is 0. The summed E-state index contributed by atoms with van der Waals surface area (Å²) >= 11 is 0. The molecule has 1 aromatic carbocycles. The second-order valence-corrected chi connectivity index (χ2v) is 4.59. The van der Waals surface area contributed by atoms with Gasteiger partial charge in [0.2, 0.25) is 0 Å². The first-order valence-corrected chi connectivity index (χ1v) is 6.00. The average Bonchev–Trinajstić information content (AvgIpc) is 3.13. The van der Waals surface area contributed by atoms with E-state index in [9.17, 15) is 0 Å². The number of fused-ring (bicyclic) bond motifs is 2.